The molecule has 0 spiro atoms. The normalized spacial score (nSPS) is 12.3. The summed E-state index contributed by atoms with van der Waals surface area (Å²) in [4.78, 5) is 46.0. The van der Waals surface area contributed by atoms with Crippen molar-refractivity contribution < 1.29 is 14.4 Å². The largest absolute Gasteiger partial charge is 0.352 e. The van der Waals surface area contributed by atoms with E-state index in [2.05, 4.69) is 31.9 Å². The van der Waals surface area contributed by atoms with Crippen LogP contribution in [-0.4, -0.2) is 70.3 Å². The quantitative estimate of drug-likeness (QED) is 0.0386. The number of carbonyl (C=O) groups is 3. The van der Waals surface area contributed by atoms with Crippen LogP contribution in [-0.2, 0) is 0 Å². The molecule has 5 amide bonds. The highest BCUT2D eigenvalue weighted by molar-refractivity contribution is 6.13. The fraction of sp³-hybridized carbons (Fsp3) is 0.275. The van der Waals surface area contributed by atoms with Gasteiger partial charge in [0.05, 0.1) is 22.7 Å². The molecule has 5 aromatic carbocycles. The zero-order valence-electron chi connectivity index (χ0n) is 35.9. The molecule has 0 bridgehead atoms. The Hall–Kier alpha value is -6.57. The number of nitrogens with one attached hydrogen (secondary N) is 6. The average Bonchev–Trinajstić information content (AvgIpc) is 3.58. The predicted molar refractivity (Wildman–Crippen MR) is 260 cm³/mol. The molecule has 63 heavy (non-hydrogen) atoms. The highest BCUT2D eigenvalue weighted by atomic mass is 16.2. The van der Waals surface area contributed by atoms with Gasteiger partial charge in [-0.1, -0.05) is 97.1 Å². The topological polar surface area (TPSA) is 156 Å². The lowest BCUT2D eigenvalue weighted by Gasteiger charge is -2.26. The Labute approximate surface area is 371 Å². The van der Waals surface area contributed by atoms with Crippen molar-refractivity contribution in [3.63, 3.8) is 0 Å². The van der Waals surface area contributed by atoms with Crippen LogP contribution in [0.25, 0.3) is 24.3 Å². The van der Waals surface area contributed by atoms with Crippen molar-refractivity contribution in [1.82, 2.24) is 21.3 Å². The molecule has 0 saturated heterocycles. The number of rotatable bonds is 20. The Morgan fingerprint density at radius 1 is 0.429 bits per heavy atom. The third-order valence-corrected chi connectivity index (χ3v) is 11.0. The summed E-state index contributed by atoms with van der Waals surface area (Å²) in [6.07, 6.45) is 14.2. The first-order valence-corrected chi connectivity index (χ1v) is 22.2. The van der Waals surface area contributed by atoms with Gasteiger partial charge in [0, 0.05) is 23.5 Å². The standard InChI is InChI=1S/C51H59N9O3/c52-27-9-10-28-53-31-13-32-54-29-11-12-30-55-33-14-34-56-49(61)42-35-43(57-50(62)59-45-19-5-1-15-38(45)23-24-39-16-2-6-20-46(39)59)37-44(36-42)58-51(63)60-47-21-7-3-17-40(47)25-26-41-18-4-8-22-48(41)60/h1-8,15-26,35-37,53-55H,9-14,27-34,52H2,(H,56,61)(H,57,62)(H,58,63). The van der Waals surface area contributed by atoms with Crippen LogP contribution < -0.4 is 47.4 Å². The molecule has 2 aliphatic heterocycles. The Bertz CT molecular complexity index is 2160. The first-order valence-electron chi connectivity index (χ1n) is 22.2. The van der Waals surface area contributed by atoms with Crippen molar-refractivity contribution in [1.29, 1.82) is 0 Å². The molecule has 8 N–H and O–H groups in total. The van der Waals surface area contributed by atoms with Gasteiger partial charge in [-0.2, -0.15) is 0 Å². The first-order chi connectivity index (χ1) is 31.0. The number of hydrogen-bond acceptors (Lipinski definition) is 7. The van der Waals surface area contributed by atoms with Crippen molar-refractivity contribution in [3.8, 4) is 0 Å². The van der Waals surface area contributed by atoms with Crippen LogP contribution in [0.3, 0.4) is 0 Å². The monoisotopic (exact) mass is 845 g/mol. The SMILES string of the molecule is NCCCCNCCCNCCCCNCCCNC(=O)c1cc(NC(=O)N2c3ccccc3C=Cc3ccccc32)cc(NC(=O)N2c3ccccc3C=Cc3ccccc32)c1. The van der Waals surface area contributed by atoms with E-state index in [0.717, 1.165) is 107 Å². The van der Waals surface area contributed by atoms with Crippen LogP contribution in [0.4, 0.5) is 43.7 Å². The molecule has 326 valence electrons. The zero-order valence-corrected chi connectivity index (χ0v) is 35.9. The highest BCUT2D eigenvalue weighted by Gasteiger charge is 2.27. The van der Waals surface area contributed by atoms with Gasteiger partial charge in [0.2, 0.25) is 0 Å². The van der Waals surface area contributed by atoms with Gasteiger partial charge in [-0.3, -0.25) is 14.6 Å². The molecule has 12 heteroatoms. The van der Waals surface area contributed by atoms with E-state index in [9.17, 15) is 14.4 Å². The fourth-order valence-corrected chi connectivity index (χ4v) is 7.77. The van der Waals surface area contributed by atoms with Crippen molar-refractivity contribution in [2.45, 2.75) is 38.5 Å². The molecule has 0 atom stereocenters. The number of para-hydroxylation sites is 4. The number of fused-ring (bicyclic) bond motifs is 4. The summed E-state index contributed by atoms with van der Waals surface area (Å²) in [7, 11) is 0. The van der Waals surface area contributed by atoms with Gasteiger partial charge in [0.25, 0.3) is 5.91 Å². The minimum Gasteiger partial charge on any atom is -0.352 e. The Balaban J connectivity index is 1.01. The molecule has 0 radical (unpaired) electrons. The van der Waals surface area contributed by atoms with Crippen LogP contribution in [0.15, 0.2) is 115 Å². The lowest BCUT2D eigenvalue weighted by Crippen LogP contribution is -2.33. The minimum absolute atomic E-state index is 0.294. The lowest BCUT2D eigenvalue weighted by molar-refractivity contribution is 0.0953. The maximum absolute atomic E-state index is 14.4. The molecule has 0 saturated carbocycles. The lowest BCUT2D eigenvalue weighted by atomic mass is 10.1. The van der Waals surface area contributed by atoms with Crippen molar-refractivity contribution in [2.75, 3.05) is 72.8 Å². The number of unbranched alkanes of at least 4 members (excludes halogenated alkanes) is 2. The molecule has 7 rings (SSSR count). The van der Waals surface area contributed by atoms with Gasteiger partial charge in [-0.25, -0.2) is 9.59 Å². The second-order valence-electron chi connectivity index (χ2n) is 15.6. The second-order valence-corrected chi connectivity index (χ2v) is 15.6. The Morgan fingerprint density at radius 3 is 1.17 bits per heavy atom. The molecule has 0 unspecified atom stereocenters. The molecule has 0 aromatic heterocycles. The van der Waals surface area contributed by atoms with E-state index in [4.69, 9.17) is 5.73 Å². The van der Waals surface area contributed by atoms with Gasteiger partial charge in [0.1, 0.15) is 0 Å². The number of nitrogens with two attached hydrogens (primary N) is 1. The number of nitrogens with zero attached hydrogens (tertiary/aromatic N) is 2. The molecule has 2 aliphatic rings. The van der Waals surface area contributed by atoms with Crippen LogP contribution in [0.2, 0.25) is 0 Å². The minimum atomic E-state index is -0.418. The smallest absolute Gasteiger partial charge is 0.330 e. The van der Waals surface area contributed by atoms with Crippen LogP contribution in [0.5, 0.6) is 0 Å². The molecule has 5 aromatic rings. The fourth-order valence-electron chi connectivity index (χ4n) is 7.77. The predicted octanol–water partition coefficient (Wildman–Crippen LogP) is 9.19. The number of hydrogen-bond donors (Lipinski definition) is 7. The van der Waals surface area contributed by atoms with Gasteiger partial charge in [-0.15, -0.1) is 0 Å². The zero-order chi connectivity index (χ0) is 43.6. The van der Waals surface area contributed by atoms with E-state index in [1.54, 1.807) is 28.0 Å². The molecule has 0 aliphatic carbocycles. The third kappa shape index (κ3) is 12.1. The summed E-state index contributed by atoms with van der Waals surface area (Å²) in [5.41, 5.74) is 12.9. The van der Waals surface area contributed by atoms with E-state index in [1.165, 1.54) is 0 Å². The van der Waals surface area contributed by atoms with Crippen molar-refractivity contribution in [3.05, 3.63) is 143 Å². The Kier molecular flexibility index (Phi) is 16.3. The molecular formula is C51H59N9O3. The van der Waals surface area contributed by atoms with Crippen LogP contribution >= 0.6 is 0 Å². The summed E-state index contributed by atoms with van der Waals surface area (Å²) >= 11 is 0. The summed E-state index contributed by atoms with van der Waals surface area (Å²) in [6.45, 7) is 6.96. The van der Waals surface area contributed by atoms with Crippen LogP contribution in [0, 0.1) is 0 Å². The maximum atomic E-state index is 14.4. The highest BCUT2D eigenvalue weighted by Crippen LogP contribution is 2.38. The second kappa shape index (κ2) is 23.0. The van der Waals surface area contributed by atoms with Crippen molar-refractivity contribution in [2.24, 2.45) is 5.73 Å². The van der Waals surface area contributed by atoms with Gasteiger partial charge >= 0.3 is 12.1 Å². The summed E-state index contributed by atoms with van der Waals surface area (Å²) < 4.78 is 0. The van der Waals surface area contributed by atoms with E-state index in [-0.39, 0.29) is 5.91 Å². The van der Waals surface area contributed by atoms with Crippen molar-refractivity contribution >= 4 is 76.4 Å². The summed E-state index contributed by atoms with van der Waals surface area (Å²) in [5, 5.41) is 19.6. The maximum Gasteiger partial charge on any atom is 0.330 e. The molecule has 12 nitrogen and oxygen atoms in total. The third-order valence-electron chi connectivity index (χ3n) is 11.0. The molecule has 0 fully saturated rings. The van der Waals surface area contributed by atoms with Gasteiger partial charge in [-0.05, 0) is 149 Å². The number of urea groups is 2. The number of anilines is 6. The van der Waals surface area contributed by atoms with E-state index in [0.29, 0.717) is 46.2 Å². The number of benzene rings is 5. The number of amides is 5. The van der Waals surface area contributed by atoms with Gasteiger partial charge < -0.3 is 37.6 Å². The van der Waals surface area contributed by atoms with Gasteiger partial charge in [0.15, 0.2) is 0 Å². The van der Waals surface area contributed by atoms with E-state index in [1.807, 2.05) is 121 Å². The number of carbonyl (C=O) groups excluding carboxylic acids is 3. The first kappa shape index (κ1) is 44.5. The van der Waals surface area contributed by atoms with E-state index < -0.39 is 12.1 Å². The van der Waals surface area contributed by atoms with E-state index >= 15 is 0 Å². The molecular weight excluding hydrogens is 787 g/mol. The summed E-state index contributed by atoms with van der Waals surface area (Å²) in [5.74, 6) is -0.317. The average molecular weight is 846 g/mol. The molecule has 2 heterocycles. The summed E-state index contributed by atoms with van der Waals surface area (Å²) in [6, 6.07) is 35.0. The Morgan fingerprint density at radius 2 is 0.778 bits per heavy atom. The van der Waals surface area contributed by atoms with Crippen LogP contribution in [0.1, 0.15) is 71.1 Å².